The summed E-state index contributed by atoms with van der Waals surface area (Å²) in [4.78, 5) is 4.33. The van der Waals surface area contributed by atoms with Gasteiger partial charge in [-0.2, -0.15) is 0 Å². The summed E-state index contributed by atoms with van der Waals surface area (Å²) >= 11 is 0. The zero-order valence-corrected chi connectivity index (χ0v) is 12.9. The van der Waals surface area contributed by atoms with Crippen molar-refractivity contribution in [1.82, 2.24) is 9.38 Å². The average molecular weight is 319 g/mol. The van der Waals surface area contributed by atoms with Gasteiger partial charge in [-0.05, 0) is 49.7 Å². The van der Waals surface area contributed by atoms with Gasteiger partial charge >= 0.3 is 0 Å². The van der Waals surface area contributed by atoms with Gasteiger partial charge in [0.15, 0.2) is 0 Å². The lowest BCUT2D eigenvalue weighted by Crippen LogP contribution is -2.14. The molecule has 0 amide bonds. The lowest BCUT2D eigenvalue weighted by Gasteiger charge is -2.10. The molecule has 0 bridgehead atoms. The number of nitrogens with one attached hydrogen (secondary N) is 1. The Hall–Kier alpha value is -2.41. The molecule has 114 valence electrons. The highest BCUT2D eigenvalue weighted by molar-refractivity contribution is 7.92. The standard InChI is InChI=1S/C15H14FN3O2S/c1-10-7-12(16)3-5-14(10)22(20,21)18-13-4-6-15-17-11(2)8-19(15)9-13/h3-9,18H,1-2H3. The van der Waals surface area contributed by atoms with Crippen molar-refractivity contribution in [2.75, 3.05) is 4.72 Å². The summed E-state index contributed by atoms with van der Waals surface area (Å²) in [6.07, 6.45) is 3.45. The summed E-state index contributed by atoms with van der Waals surface area (Å²) in [5.41, 5.74) is 2.34. The molecule has 3 aromatic rings. The van der Waals surface area contributed by atoms with Gasteiger partial charge in [0.2, 0.25) is 0 Å². The normalized spacial score (nSPS) is 11.8. The smallest absolute Gasteiger partial charge is 0.262 e. The number of hydrogen-bond acceptors (Lipinski definition) is 3. The quantitative estimate of drug-likeness (QED) is 0.807. The molecule has 0 aliphatic carbocycles. The van der Waals surface area contributed by atoms with Crippen LogP contribution in [0.2, 0.25) is 0 Å². The van der Waals surface area contributed by atoms with Crippen molar-refractivity contribution < 1.29 is 12.8 Å². The maximum Gasteiger partial charge on any atom is 0.262 e. The first kappa shape index (κ1) is 14.5. The Labute approximate surface area is 127 Å². The molecule has 3 rings (SSSR count). The molecule has 1 aromatic carbocycles. The van der Waals surface area contributed by atoms with Gasteiger partial charge in [0.25, 0.3) is 10.0 Å². The number of aryl methyl sites for hydroxylation is 2. The number of pyridine rings is 1. The fourth-order valence-corrected chi connectivity index (χ4v) is 3.57. The molecule has 0 saturated heterocycles. The summed E-state index contributed by atoms with van der Waals surface area (Å²) in [5, 5.41) is 0. The average Bonchev–Trinajstić information content (AvgIpc) is 2.77. The van der Waals surface area contributed by atoms with Crippen LogP contribution in [0.1, 0.15) is 11.3 Å². The molecule has 0 aliphatic rings. The number of rotatable bonds is 3. The van der Waals surface area contributed by atoms with E-state index in [4.69, 9.17) is 0 Å². The number of anilines is 1. The fraction of sp³-hybridized carbons (Fsp3) is 0.133. The molecule has 0 spiro atoms. The van der Waals surface area contributed by atoms with Crippen LogP contribution in [0.25, 0.3) is 5.65 Å². The number of aromatic nitrogens is 2. The predicted octanol–water partition coefficient (Wildman–Crippen LogP) is 2.89. The van der Waals surface area contributed by atoms with Crippen LogP contribution in [-0.2, 0) is 10.0 Å². The van der Waals surface area contributed by atoms with E-state index in [-0.39, 0.29) is 4.90 Å². The summed E-state index contributed by atoms with van der Waals surface area (Å²) in [5.74, 6) is -0.466. The Bertz CT molecular complexity index is 964. The van der Waals surface area contributed by atoms with E-state index < -0.39 is 15.8 Å². The second kappa shape index (κ2) is 5.10. The zero-order chi connectivity index (χ0) is 15.9. The minimum atomic E-state index is -3.77. The first-order chi connectivity index (χ1) is 10.3. The third-order valence-corrected chi connectivity index (χ3v) is 4.79. The molecule has 1 N–H and O–H groups in total. The largest absolute Gasteiger partial charge is 0.305 e. The second-order valence-electron chi connectivity index (χ2n) is 5.08. The van der Waals surface area contributed by atoms with Gasteiger partial charge in [0.05, 0.1) is 16.3 Å². The number of benzene rings is 1. The van der Waals surface area contributed by atoms with Gasteiger partial charge in [0, 0.05) is 12.4 Å². The monoisotopic (exact) mass is 319 g/mol. The van der Waals surface area contributed by atoms with E-state index in [1.807, 2.05) is 6.92 Å². The molecule has 0 atom stereocenters. The third kappa shape index (κ3) is 2.67. The highest BCUT2D eigenvalue weighted by Crippen LogP contribution is 2.20. The molecule has 5 nitrogen and oxygen atoms in total. The van der Waals surface area contributed by atoms with Crippen molar-refractivity contribution in [2.45, 2.75) is 18.7 Å². The zero-order valence-electron chi connectivity index (χ0n) is 12.0. The van der Waals surface area contributed by atoms with Gasteiger partial charge in [-0.3, -0.25) is 4.72 Å². The Kier molecular flexibility index (Phi) is 3.37. The summed E-state index contributed by atoms with van der Waals surface area (Å²) < 4.78 is 42.2. The molecule has 0 fully saturated rings. The Balaban J connectivity index is 1.98. The first-order valence-corrected chi connectivity index (χ1v) is 8.08. The second-order valence-corrected chi connectivity index (χ2v) is 6.73. The number of fused-ring (bicyclic) bond motifs is 1. The van der Waals surface area contributed by atoms with Gasteiger partial charge < -0.3 is 4.40 Å². The SMILES string of the molecule is Cc1cn2cc(NS(=O)(=O)c3ccc(F)cc3C)ccc2n1. The topological polar surface area (TPSA) is 63.5 Å². The van der Waals surface area contributed by atoms with Crippen LogP contribution in [0, 0.1) is 19.7 Å². The maximum absolute atomic E-state index is 13.1. The van der Waals surface area contributed by atoms with E-state index in [0.717, 1.165) is 17.4 Å². The van der Waals surface area contributed by atoms with Gasteiger partial charge in [-0.25, -0.2) is 17.8 Å². The predicted molar refractivity (Wildman–Crippen MR) is 81.9 cm³/mol. The van der Waals surface area contributed by atoms with Crippen molar-refractivity contribution in [3.8, 4) is 0 Å². The van der Waals surface area contributed by atoms with Crippen molar-refractivity contribution in [3.63, 3.8) is 0 Å². The molecule has 2 aromatic heterocycles. The number of imidazole rings is 1. The van der Waals surface area contributed by atoms with Crippen LogP contribution in [0.4, 0.5) is 10.1 Å². The Morgan fingerprint density at radius 2 is 1.91 bits per heavy atom. The molecular weight excluding hydrogens is 305 g/mol. The number of nitrogens with zero attached hydrogens (tertiary/aromatic N) is 2. The number of sulfonamides is 1. The third-order valence-electron chi connectivity index (χ3n) is 3.25. The fourth-order valence-electron chi connectivity index (χ4n) is 2.30. The first-order valence-electron chi connectivity index (χ1n) is 6.59. The summed E-state index contributed by atoms with van der Waals surface area (Å²) in [7, 11) is -3.77. The van der Waals surface area contributed by atoms with Crippen molar-refractivity contribution >= 4 is 21.4 Å². The highest BCUT2D eigenvalue weighted by atomic mass is 32.2. The van der Waals surface area contributed by atoms with Crippen LogP contribution in [0.3, 0.4) is 0 Å². The van der Waals surface area contributed by atoms with Crippen molar-refractivity contribution in [3.05, 3.63) is 59.8 Å². The van der Waals surface area contributed by atoms with E-state index in [1.165, 1.54) is 12.1 Å². The number of halogens is 1. The minimum Gasteiger partial charge on any atom is -0.305 e. The maximum atomic E-state index is 13.1. The lowest BCUT2D eigenvalue weighted by molar-refractivity contribution is 0.598. The number of hydrogen-bond donors (Lipinski definition) is 1. The van der Waals surface area contributed by atoms with E-state index in [2.05, 4.69) is 9.71 Å². The van der Waals surface area contributed by atoms with Gasteiger partial charge in [0.1, 0.15) is 11.5 Å². The Morgan fingerprint density at radius 3 is 2.64 bits per heavy atom. The van der Waals surface area contributed by atoms with Crippen molar-refractivity contribution in [1.29, 1.82) is 0 Å². The lowest BCUT2D eigenvalue weighted by atomic mass is 10.2. The highest BCUT2D eigenvalue weighted by Gasteiger charge is 2.17. The molecule has 22 heavy (non-hydrogen) atoms. The molecule has 0 saturated carbocycles. The van der Waals surface area contributed by atoms with Crippen LogP contribution >= 0.6 is 0 Å². The molecule has 2 heterocycles. The summed E-state index contributed by atoms with van der Waals surface area (Å²) in [6.45, 7) is 3.42. The minimum absolute atomic E-state index is 0.0517. The van der Waals surface area contributed by atoms with Crippen molar-refractivity contribution in [2.24, 2.45) is 0 Å². The van der Waals surface area contributed by atoms with Gasteiger partial charge in [-0.15, -0.1) is 0 Å². The van der Waals surface area contributed by atoms with E-state index in [9.17, 15) is 12.8 Å². The Morgan fingerprint density at radius 1 is 1.14 bits per heavy atom. The van der Waals surface area contributed by atoms with Crippen LogP contribution in [0.15, 0.2) is 47.6 Å². The van der Waals surface area contributed by atoms with Gasteiger partial charge in [-0.1, -0.05) is 0 Å². The molecule has 0 unspecified atom stereocenters. The molecule has 7 heteroatoms. The van der Waals surface area contributed by atoms with Crippen LogP contribution in [0.5, 0.6) is 0 Å². The van der Waals surface area contributed by atoms with E-state index >= 15 is 0 Å². The van der Waals surface area contributed by atoms with Crippen LogP contribution < -0.4 is 4.72 Å². The van der Waals surface area contributed by atoms with E-state index in [0.29, 0.717) is 11.3 Å². The molecule has 0 aliphatic heterocycles. The van der Waals surface area contributed by atoms with Crippen LogP contribution in [-0.4, -0.2) is 17.8 Å². The van der Waals surface area contributed by atoms with E-state index in [1.54, 1.807) is 35.9 Å². The molecular formula is C15H14FN3O2S. The summed E-state index contributed by atoms with van der Waals surface area (Å²) in [6, 6.07) is 6.94. The molecule has 0 radical (unpaired) electrons.